The number of hydrogen-bond acceptors (Lipinski definition) is 0. The van der Waals surface area contributed by atoms with Gasteiger partial charge < -0.3 is 0 Å². The van der Waals surface area contributed by atoms with Crippen LogP contribution in [-0.2, 0) is 12.8 Å². The normalized spacial score (nSPS) is 10.7. The van der Waals surface area contributed by atoms with Crippen LogP contribution in [0.3, 0.4) is 0 Å². The molecule has 0 aliphatic rings. The van der Waals surface area contributed by atoms with Gasteiger partial charge in [-0.1, -0.05) is 47.5 Å². The Morgan fingerprint density at radius 1 is 0.611 bits per heavy atom. The van der Waals surface area contributed by atoms with Crippen molar-refractivity contribution in [3.05, 3.63) is 69.8 Å². The van der Waals surface area contributed by atoms with Crippen LogP contribution in [0.5, 0.6) is 0 Å². The van der Waals surface area contributed by atoms with Crippen molar-refractivity contribution in [2.24, 2.45) is 0 Å². The van der Waals surface area contributed by atoms with Gasteiger partial charge in [0.15, 0.2) is 0 Å². The van der Waals surface area contributed by atoms with E-state index in [-0.39, 0.29) is 0 Å². The average molecular weight is 238 g/mol. The number of hydrogen-bond donors (Lipinski definition) is 0. The van der Waals surface area contributed by atoms with Gasteiger partial charge in [-0.25, -0.2) is 0 Å². The van der Waals surface area contributed by atoms with E-state index in [0.29, 0.717) is 0 Å². The van der Waals surface area contributed by atoms with Crippen LogP contribution in [0.15, 0.2) is 36.4 Å². The zero-order valence-corrected chi connectivity index (χ0v) is 11.9. The molecule has 2 rings (SSSR count). The van der Waals surface area contributed by atoms with Gasteiger partial charge in [-0.2, -0.15) is 0 Å². The minimum absolute atomic E-state index is 1.13. The van der Waals surface area contributed by atoms with E-state index in [1.807, 2.05) is 0 Å². The van der Waals surface area contributed by atoms with Crippen LogP contribution in [-0.4, -0.2) is 0 Å². The van der Waals surface area contributed by atoms with E-state index in [9.17, 15) is 0 Å². The molecule has 0 heterocycles. The molecule has 18 heavy (non-hydrogen) atoms. The van der Waals surface area contributed by atoms with Gasteiger partial charge in [-0.3, -0.25) is 0 Å². The summed E-state index contributed by atoms with van der Waals surface area (Å²) in [7, 11) is 0. The van der Waals surface area contributed by atoms with Crippen LogP contribution in [0.4, 0.5) is 0 Å². The Hall–Kier alpha value is -1.56. The lowest BCUT2D eigenvalue weighted by Crippen LogP contribution is -1.97. The van der Waals surface area contributed by atoms with Gasteiger partial charge in [0.2, 0.25) is 0 Å². The molecule has 2 aromatic carbocycles. The third-order valence-corrected chi connectivity index (χ3v) is 3.66. The van der Waals surface area contributed by atoms with Gasteiger partial charge in [0, 0.05) is 0 Å². The Bertz CT molecular complexity index is 498. The Balaban J connectivity index is 2.11. The van der Waals surface area contributed by atoms with Crippen molar-refractivity contribution in [2.75, 3.05) is 0 Å². The van der Waals surface area contributed by atoms with E-state index in [1.54, 1.807) is 0 Å². The van der Waals surface area contributed by atoms with Gasteiger partial charge in [0.25, 0.3) is 0 Å². The van der Waals surface area contributed by atoms with Crippen LogP contribution in [0.1, 0.15) is 33.4 Å². The largest absolute Gasteiger partial charge is 0.0590 e. The van der Waals surface area contributed by atoms with E-state index < -0.39 is 0 Å². The second-order valence-electron chi connectivity index (χ2n) is 5.36. The summed E-state index contributed by atoms with van der Waals surface area (Å²) in [6.07, 6.45) is 2.27. The van der Waals surface area contributed by atoms with Crippen molar-refractivity contribution >= 4 is 0 Å². The molecule has 0 amide bonds. The van der Waals surface area contributed by atoms with Crippen molar-refractivity contribution in [1.29, 1.82) is 0 Å². The fourth-order valence-electron chi connectivity index (χ4n) is 2.52. The molecule has 0 fully saturated rings. The molecule has 0 aromatic heterocycles. The van der Waals surface area contributed by atoms with Crippen molar-refractivity contribution in [2.45, 2.75) is 40.5 Å². The van der Waals surface area contributed by atoms with Crippen LogP contribution in [0.25, 0.3) is 0 Å². The molecule has 94 valence electrons. The summed E-state index contributed by atoms with van der Waals surface area (Å²) >= 11 is 0. The Morgan fingerprint density at radius 3 is 1.33 bits per heavy atom. The molecule has 0 aliphatic carbocycles. The molecule has 0 unspecified atom stereocenters. The van der Waals surface area contributed by atoms with Gasteiger partial charge in [-0.15, -0.1) is 0 Å². The summed E-state index contributed by atoms with van der Waals surface area (Å²) in [5, 5.41) is 0. The summed E-state index contributed by atoms with van der Waals surface area (Å²) in [5.41, 5.74) is 8.48. The summed E-state index contributed by atoms with van der Waals surface area (Å²) in [4.78, 5) is 0. The molecular weight excluding hydrogens is 216 g/mol. The standard InChI is InChI=1S/C18H22/c1-13-5-7-17(15(3)11-13)9-10-18-8-6-14(2)12-16(18)4/h5-8,11-12H,9-10H2,1-4H3. The topological polar surface area (TPSA) is 0 Å². The van der Waals surface area contributed by atoms with Crippen molar-refractivity contribution in [1.82, 2.24) is 0 Å². The number of rotatable bonds is 3. The van der Waals surface area contributed by atoms with Gasteiger partial charge in [0.05, 0.1) is 0 Å². The molecule has 0 aliphatic heterocycles. The highest BCUT2D eigenvalue weighted by atomic mass is 14.1. The second-order valence-corrected chi connectivity index (χ2v) is 5.36. The lowest BCUT2D eigenvalue weighted by atomic mass is 9.96. The first-order valence-corrected chi connectivity index (χ1v) is 6.68. The third-order valence-electron chi connectivity index (χ3n) is 3.66. The maximum Gasteiger partial charge on any atom is -0.0236 e. The molecule has 0 radical (unpaired) electrons. The lowest BCUT2D eigenvalue weighted by molar-refractivity contribution is 0.937. The van der Waals surface area contributed by atoms with Crippen molar-refractivity contribution in [3.8, 4) is 0 Å². The summed E-state index contributed by atoms with van der Waals surface area (Å²) in [6.45, 7) is 8.73. The number of benzene rings is 2. The summed E-state index contributed by atoms with van der Waals surface area (Å²) in [6, 6.07) is 13.5. The van der Waals surface area contributed by atoms with Crippen molar-refractivity contribution in [3.63, 3.8) is 0 Å². The van der Waals surface area contributed by atoms with Gasteiger partial charge >= 0.3 is 0 Å². The minimum atomic E-state index is 1.13. The smallest absolute Gasteiger partial charge is 0.0236 e. The van der Waals surface area contributed by atoms with E-state index in [1.165, 1.54) is 33.4 Å². The molecule has 0 spiro atoms. The predicted octanol–water partition coefficient (Wildman–Crippen LogP) is 4.71. The molecule has 0 nitrogen and oxygen atoms in total. The molecule has 2 aromatic rings. The van der Waals surface area contributed by atoms with Crippen LogP contribution >= 0.6 is 0 Å². The quantitative estimate of drug-likeness (QED) is 0.726. The molecule has 0 saturated heterocycles. The first-order valence-electron chi connectivity index (χ1n) is 6.68. The maximum atomic E-state index is 2.28. The van der Waals surface area contributed by atoms with E-state index in [0.717, 1.165) is 12.8 Å². The molecule has 0 N–H and O–H groups in total. The molecule has 0 atom stereocenters. The second kappa shape index (κ2) is 5.39. The monoisotopic (exact) mass is 238 g/mol. The maximum absolute atomic E-state index is 2.28. The highest BCUT2D eigenvalue weighted by Crippen LogP contribution is 2.16. The number of aryl methyl sites for hydroxylation is 6. The fraction of sp³-hybridized carbons (Fsp3) is 0.333. The highest BCUT2D eigenvalue weighted by Gasteiger charge is 2.02. The van der Waals surface area contributed by atoms with E-state index in [4.69, 9.17) is 0 Å². The first kappa shape index (κ1) is 12.9. The van der Waals surface area contributed by atoms with Crippen LogP contribution < -0.4 is 0 Å². The third kappa shape index (κ3) is 3.01. The van der Waals surface area contributed by atoms with Crippen LogP contribution in [0.2, 0.25) is 0 Å². The summed E-state index contributed by atoms with van der Waals surface area (Å²) < 4.78 is 0. The summed E-state index contributed by atoms with van der Waals surface area (Å²) in [5.74, 6) is 0. The molecule has 0 bridgehead atoms. The SMILES string of the molecule is Cc1ccc(CCc2ccc(C)cc2C)c(C)c1. The Morgan fingerprint density at radius 2 is 1.00 bits per heavy atom. The van der Waals surface area contributed by atoms with Gasteiger partial charge in [0.1, 0.15) is 0 Å². The minimum Gasteiger partial charge on any atom is -0.0590 e. The molecular formula is C18H22. The van der Waals surface area contributed by atoms with E-state index in [2.05, 4.69) is 64.1 Å². The highest BCUT2D eigenvalue weighted by molar-refractivity contribution is 5.34. The van der Waals surface area contributed by atoms with E-state index >= 15 is 0 Å². The molecule has 0 saturated carbocycles. The zero-order valence-electron chi connectivity index (χ0n) is 11.9. The lowest BCUT2D eigenvalue weighted by Gasteiger charge is -2.09. The predicted molar refractivity (Wildman–Crippen MR) is 79.2 cm³/mol. The van der Waals surface area contributed by atoms with Gasteiger partial charge in [-0.05, 0) is 62.8 Å². The fourth-order valence-corrected chi connectivity index (χ4v) is 2.52. The van der Waals surface area contributed by atoms with Crippen LogP contribution in [0, 0.1) is 27.7 Å². The Labute approximate surface area is 111 Å². The zero-order chi connectivity index (χ0) is 13.1. The van der Waals surface area contributed by atoms with Crippen molar-refractivity contribution < 1.29 is 0 Å². The Kier molecular flexibility index (Phi) is 3.86. The molecule has 0 heteroatoms. The average Bonchev–Trinajstić information content (AvgIpc) is 2.30. The first-order chi connectivity index (χ1) is 8.56.